The van der Waals surface area contributed by atoms with Crippen LogP contribution in [0.4, 0.5) is 0 Å². The van der Waals surface area contributed by atoms with Crippen LogP contribution in [-0.4, -0.2) is 44.7 Å². The molecule has 1 aliphatic heterocycles. The lowest BCUT2D eigenvalue weighted by molar-refractivity contribution is 0.0743. The van der Waals surface area contributed by atoms with E-state index in [4.69, 9.17) is 0 Å². The summed E-state index contributed by atoms with van der Waals surface area (Å²) in [7, 11) is 1.83. The molecule has 1 saturated heterocycles. The van der Waals surface area contributed by atoms with E-state index in [2.05, 4.69) is 4.98 Å². The lowest BCUT2D eigenvalue weighted by atomic mass is 10.00. The van der Waals surface area contributed by atoms with Crippen molar-refractivity contribution in [2.45, 2.75) is 18.9 Å². The maximum Gasteiger partial charge on any atom is 0.272 e. The molecule has 1 N–H and O–H groups in total. The fourth-order valence-corrected chi connectivity index (χ4v) is 3.13. The van der Waals surface area contributed by atoms with Gasteiger partial charge >= 0.3 is 0 Å². The van der Waals surface area contributed by atoms with Gasteiger partial charge in [-0.05, 0) is 18.8 Å². The van der Waals surface area contributed by atoms with E-state index in [1.54, 1.807) is 17.1 Å². The Hall–Kier alpha value is -1.36. The molecule has 2 aliphatic rings. The summed E-state index contributed by atoms with van der Waals surface area (Å²) in [5.74, 6) is 0.806. The van der Waals surface area contributed by atoms with Crippen LogP contribution in [0.2, 0.25) is 0 Å². The summed E-state index contributed by atoms with van der Waals surface area (Å²) in [5, 5.41) is 9.83. The monoisotopic (exact) mass is 235 g/mol. The van der Waals surface area contributed by atoms with Crippen molar-refractivity contribution in [2.24, 2.45) is 18.9 Å². The number of aryl methyl sites for hydroxylation is 1. The van der Waals surface area contributed by atoms with Crippen LogP contribution < -0.4 is 0 Å². The standard InChI is InChI=1S/C12H17N3O2/c1-14-7-13-4-10(14)12(17)15-5-8-2-3-11(16)9(8)6-15/h4,7-9,11,16H,2-3,5-6H2,1H3. The molecule has 92 valence electrons. The Morgan fingerprint density at radius 2 is 2.29 bits per heavy atom. The molecule has 0 bridgehead atoms. The van der Waals surface area contributed by atoms with Gasteiger partial charge in [-0.1, -0.05) is 0 Å². The summed E-state index contributed by atoms with van der Waals surface area (Å²) >= 11 is 0. The van der Waals surface area contributed by atoms with E-state index in [0.29, 0.717) is 18.2 Å². The Bertz CT molecular complexity index is 443. The number of aromatic nitrogens is 2. The van der Waals surface area contributed by atoms with E-state index in [9.17, 15) is 9.90 Å². The molecule has 0 radical (unpaired) electrons. The van der Waals surface area contributed by atoms with Gasteiger partial charge in [0.1, 0.15) is 5.69 Å². The van der Waals surface area contributed by atoms with E-state index in [1.165, 1.54) is 0 Å². The van der Waals surface area contributed by atoms with Gasteiger partial charge in [-0.25, -0.2) is 4.98 Å². The highest BCUT2D eigenvalue weighted by atomic mass is 16.3. The highest BCUT2D eigenvalue weighted by Crippen LogP contribution is 2.38. The van der Waals surface area contributed by atoms with Crippen LogP contribution in [0.15, 0.2) is 12.5 Å². The summed E-state index contributed by atoms with van der Waals surface area (Å²) < 4.78 is 1.74. The Balaban J connectivity index is 1.75. The number of amides is 1. The largest absolute Gasteiger partial charge is 0.393 e. The van der Waals surface area contributed by atoms with Gasteiger partial charge in [0.25, 0.3) is 5.91 Å². The summed E-state index contributed by atoms with van der Waals surface area (Å²) in [6, 6.07) is 0. The average Bonchev–Trinajstić information content (AvgIpc) is 2.96. The Morgan fingerprint density at radius 1 is 1.47 bits per heavy atom. The zero-order valence-corrected chi connectivity index (χ0v) is 9.91. The molecule has 3 rings (SSSR count). The van der Waals surface area contributed by atoms with E-state index in [0.717, 1.165) is 19.4 Å². The lowest BCUT2D eigenvalue weighted by Gasteiger charge is -2.18. The number of imidazole rings is 1. The zero-order valence-electron chi connectivity index (χ0n) is 9.91. The molecular formula is C12H17N3O2. The van der Waals surface area contributed by atoms with Gasteiger partial charge in [-0.15, -0.1) is 0 Å². The Kier molecular flexibility index (Phi) is 2.43. The number of fused-ring (bicyclic) bond motifs is 1. The van der Waals surface area contributed by atoms with Gasteiger partial charge in [0.2, 0.25) is 0 Å². The predicted octanol–water partition coefficient (Wildman–Crippen LogP) is 0.263. The smallest absolute Gasteiger partial charge is 0.272 e. The second-order valence-corrected chi connectivity index (χ2v) is 5.17. The predicted molar refractivity (Wildman–Crippen MR) is 61.3 cm³/mol. The number of rotatable bonds is 1. The number of carbonyl (C=O) groups is 1. The van der Waals surface area contributed by atoms with Gasteiger partial charge in [0.15, 0.2) is 0 Å². The van der Waals surface area contributed by atoms with Crippen molar-refractivity contribution in [2.75, 3.05) is 13.1 Å². The highest BCUT2D eigenvalue weighted by molar-refractivity contribution is 5.92. The van der Waals surface area contributed by atoms with Crippen molar-refractivity contribution < 1.29 is 9.90 Å². The fourth-order valence-electron chi connectivity index (χ4n) is 3.13. The van der Waals surface area contributed by atoms with Crippen LogP contribution >= 0.6 is 0 Å². The zero-order chi connectivity index (χ0) is 12.0. The number of aliphatic hydroxyl groups is 1. The molecule has 17 heavy (non-hydrogen) atoms. The van der Waals surface area contributed by atoms with Crippen LogP contribution in [0.3, 0.4) is 0 Å². The molecule has 0 aromatic carbocycles. The molecule has 5 nitrogen and oxygen atoms in total. The second-order valence-electron chi connectivity index (χ2n) is 5.17. The van der Waals surface area contributed by atoms with Crippen molar-refractivity contribution in [1.82, 2.24) is 14.5 Å². The summed E-state index contributed by atoms with van der Waals surface area (Å²) in [5.41, 5.74) is 0.625. The summed E-state index contributed by atoms with van der Waals surface area (Å²) in [6.07, 6.45) is 4.96. The molecular weight excluding hydrogens is 218 g/mol. The van der Waals surface area contributed by atoms with Gasteiger partial charge in [-0.3, -0.25) is 4.79 Å². The normalized spacial score (nSPS) is 31.9. The first kappa shape index (κ1) is 10.8. The SMILES string of the molecule is Cn1cncc1C(=O)N1CC2CCC(O)C2C1. The number of aliphatic hydroxyl groups excluding tert-OH is 1. The molecule has 5 heteroatoms. The van der Waals surface area contributed by atoms with Crippen LogP contribution in [0.25, 0.3) is 0 Å². The third-order valence-electron chi connectivity index (χ3n) is 4.14. The third-order valence-corrected chi connectivity index (χ3v) is 4.14. The summed E-state index contributed by atoms with van der Waals surface area (Å²) in [4.78, 5) is 18.1. The molecule has 2 fully saturated rings. The van der Waals surface area contributed by atoms with E-state index in [1.807, 2.05) is 11.9 Å². The van der Waals surface area contributed by atoms with Crippen LogP contribution in [0.5, 0.6) is 0 Å². The minimum atomic E-state index is -0.218. The highest BCUT2D eigenvalue weighted by Gasteiger charge is 2.43. The van der Waals surface area contributed by atoms with Crippen molar-refractivity contribution in [1.29, 1.82) is 0 Å². The number of carbonyl (C=O) groups excluding carboxylic acids is 1. The van der Waals surface area contributed by atoms with Crippen molar-refractivity contribution in [3.8, 4) is 0 Å². The van der Waals surface area contributed by atoms with Crippen molar-refractivity contribution in [3.05, 3.63) is 18.2 Å². The number of hydrogen-bond donors (Lipinski definition) is 1. The minimum Gasteiger partial charge on any atom is -0.393 e. The average molecular weight is 235 g/mol. The van der Waals surface area contributed by atoms with Crippen molar-refractivity contribution >= 4 is 5.91 Å². The molecule has 1 aliphatic carbocycles. The van der Waals surface area contributed by atoms with Crippen molar-refractivity contribution in [3.63, 3.8) is 0 Å². The number of likely N-dealkylation sites (tertiary alicyclic amines) is 1. The molecule has 3 atom stereocenters. The van der Waals surface area contributed by atoms with Gasteiger partial charge in [-0.2, -0.15) is 0 Å². The molecule has 1 aromatic heterocycles. The maximum atomic E-state index is 12.3. The number of hydrogen-bond acceptors (Lipinski definition) is 3. The maximum absolute atomic E-state index is 12.3. The van der Waals surface area contributed by atoms with Gasteiger partial charge in [0.05, 0.1) is 18.6 Å². The molecule has 3 unspecified atom stereocenters. The first-order valence-corrected chi connectivity index (χ1v) is 6.10. The topological polar surface area (TPSA) is 58.4 Å². The van der Waals surface area contributed by atoms with Crippen LogP contribution in [0.1, 0.15) is 23.3 Å². The molecule has 1 amide bonds. The summed E-state index contributed by atoms with van der Waals surface area (Å²) in [6.45, 7) is 1.47. The van der Waals surface area contributed by atoms with Gasteiger partial charge < -0.3 is 14.6 Å². The van der Waals surface area contributed by atoms with E-state index >= 15 is 0 Å². The lowest BCUT2D eigenvalue weighted by Crippen LogP contribution is -2.32. The van der Waals surface area contributed by atoms with E-state index < -0.39 is 0 Å². The van der Waals surface area contributed by atoms with E-state index in [-0.39, 0.29) is 17.9 Å². The fraction of sp³-hybridized carbons (Fsp3) is 0.667. The molecule has 1 saturated carbocycles. The Morgan fingerprint density at radius 3 is 2.94 bits per heavy atom. The van der Waals surface area contributed by atoms with Gasteiger partial charge in [0, 0.05) is 26.1 Å². The minimum absolute atomic E-state index is 0.0339. The second kappa shape index (κ2) is 3.84. The third kappa shape index (κ3) is 1.65. The molecule has 2 heterocycles. The molecule has 1 aromatic rings. The first-order valence-electron chi connectivity index (χ1n) is 6.10. The quantitative estimate of drug-likeness (QED) is 0.759. The molecule has 0 spiro atoms. The Labute approximate surface area is 100 Å². The van der Waals surface area contributed by atoms with Crippen LogP contribution in [-0.2, 0) is 7.05 Å². The van der Waals surface area contributed by atoms with Crippen LogP contribution in [0, 0.1) is 11.8 Å². The number of nitrogens with zero attached hydrogens (tertiary/aromatic N) is 3. The first-order chi connectivity index (χ1) is 8.16.